The summed E-state index contributed by atoms with van der Waals surface area (Å²) in [6, 6.07) is 17.6. The zero-order valence-electron chi connectivity index (χ0n) is 18.3. The van der Waals surface area contributed by atoms with Crippen molar-refractivity contribution in [2.24, 2.45) is 0 Å². The van der Waals surface area contributed by atoms with Crippen LogP contribution in [0, 0.1) is 6.92 Å². The smallest absolute Gasteiger partial charge is 0.356 e. The Bertz CT molecular complexity index is 1600. The second-order valence-electron chi connectivity index (χ2n) is 8.18. The summed E-state index contributed by atoms with van der Waals surface area (Å²) in [5.74, 6) is -0.774. The molecule has 0 saturated heterocycles. The zero-order valence-corrected chi connectivity index (χ0v) is 19.1. The van der Waals surface area contributed by atoms with Crippen molar-refractivity contribution in [2.45, 2.75) is 19.9 Å². The van der Waals surface area contributed by atoms with Crippen LogP contribution in [0.4, 0.5) is 5.69 Å². The van der Waals surface area contributed by atoms with Gasteiger partial charge in [-0.25, -0.2) is 9.78 Å². The number of nitrogens with zero attached hydrogens (tertiary/aromatic N) is 1. The van der Waals surface area contributed by atoms with E-state index in [0.717, 1.165) is 22.0 Å². The van der Waals surface area contributed by atoms with Gasteiger partial charge < -0.3 is 19.8 Å². The van der Waals surface area contributed by atoms with Gasteiger partial charge >= 0.3 is 5.97 Å². The van der Waals surface area contributed by atoms with Crippen molar-refractivity contribution in [1.29, 1.82) is 0 Å². The fraction of sp³-hybridized carbons (Fsp3) is 0.115. The van der Waals surface area contributed by atoms with Crippen molar-refractivity contribution in [3.05, 3.63) is 92.9 Å². The van der Waals surface area contributed by atoms with Gasteiger partial charge in [-0.3, -0.25) is 4.79 Å². The maximum absolute atomic E-state index is 13.1. The van der Waals surface area contributed by atoms with Crippen LogP contribution in [0.5, 0.6) is 0 Å². The van der Waals surface area contributed by atoms with Crippen molar-refractivity contribution in [1.82, 2.24) is 9.97 Å². The number of H-pyrrole nitrogens is 1. The molecule has 3 heterocycles. The Morgan fingerprint density at radius 3 is 2.71 bits per heavy atom. The molecule has 0 spiro atoms. The van der Waals surface area contributed by atoms with E-state index in [4.69, 9.17) is 16.0 Å². The zero-order chi connectivity index (χ0) is 24.0. The minimum Gasteiger partial charge on any atom is -0.476 e. The first-order valence-corrected chi connectivity index (χ1v) is 11.0. The summed E-state index contributed by atoms with van der Waals surface area (Å²) < 4.78 is 6.28. The van der Waals surface area contributed by atoms with Gasteiger partial charge in [0, 0.05) is 22.5 Å². The number of anilines is 1. The lowest BCUT2D eigenvalue weighted by Crippen LogP contribution is -2.13. The van der Waals surface area contributed by atoms with Crippen LogP contribution in [0.3, 0.4) is 0 Å². The number of carboxylic acids is 1. The largest absolute Gasteiger partial charge is 0.476 e. The Balaban J connectivity index is 1.63. The molecule has 0 bridgehead atoms. The monoisotopic (exact) mass is 473 g/mol. The van der Waals surface area contributed by atoms with E-state index in [1.807, 2.05) is 50.2 Å². The van der Waals surface area contributed by atoms with Crippen molar-refractivity contribution in [3.8, 4) is 11.5 Å². The van der Waals surface area contributed by atoms with Gasteiger partial charge in [-0.2, -0.15) is 0 Å². The maximum Gasteiger partial charge on any atom is 0.356 e. The Morgan fingerprint density at radius 1 is 1.15 bits per heavy atom. The van der Waals surface area contributed by atoms with E-state index in [0.29, 0.717) is 28.1 Å². The third-order valence-electron chi connectivity index (χ3n) is 5.70. The summed E-state index contributed by atoms with van der Waals surface area (Å²) in [7, 11) is 0. The first kappa shape index (κ1) is 21.7. The number of aromatic amines is 1. The molecular formula is C26H20ClN3O4. The number of hydrogen-bond donors (Lipinski definition) is 3. The van der Waals surface area contributed by atoms with Gasteiger partial charge in [0.15, 0.2) is 16.9 Å². The van der Waals surface area contributed by atoms with Crippen molar-refractivity contribution >= 4 is 45.1 Å². The van der Waals surface area contributed by atoms with Crippen LogP contribution >= 0.6 is 11.6 Å². The summed E-state index contributed by atoms with van der Waals surface area (Å²) in [5.41, 5.74) is 3.64. The van der Waals surface area contributed by atoms with E-state index in [1.54, 1.807) is 12.1 Å². The van der Waals surface area contributed by atoms with Crippen LogP contribution in [0.15, 0.2) is 69.9 Å². The third-order valence-corrected chi connectivity index (χ3v) is 5.91. The molecular weight excluding hydrogens is 454 g/mol. The van der Waals surface area contributed by atoms with E-state index in [9.17, 15) is 14.7 Å². The number of pyridine rings is 1. The summed E-state index contributed by atoms with van der Waals surface area (Å²) in [6.07, 6.45) is 0. The minimum atomic E-state index is -1.20. The number of aromatic carboxylic acids is 1. The molecule has 5 rings (SSSR count). The molecule has 2 aromatic carbocycles. The van der Waals surface area contributed by atoms with Crippen molar-refractivity contribution in [2.75, 3.05) is 5.32 Å². The Kier molecular flexibility index (Phi) is 5.34. The molecule has 1 atom stereocenters. The van der Waals surface area contributed by atoms with Gasteiger partial charge in [0.1, 0.15) is 10.7 Å². The highest BCUT2D eigenvalue weighted by Gasteiger charge is 2.20. The number of hydrogen-bond acceptors (Lipinski definition) is 5. The number of rotatable bonds is 5. The van der Waals surface area contributed by atoms with E-state index < -0.39 is 12.0 Å². The highest BCUT2D eigenvalue weighted by molar-refractivity contribution is 6.29. The van der Waals surface area contributed by atoms with Crippen LogP contribution in [0.25, 0.3) is 33.3 Å². The third kappa shape index (κ3) is 3.91. The molecule has 8 heteroatoms. The summed E-state index contributed by atoms with van der Waals surface area (Å²) >= 11 is 5.88. The SMILES string of the molecule is Cc1cc([C@@H](C)Nc2ccc(Cl)nc2C(=O)O)c2oc(-c3cc4ccccc4[nH]3)cc(=O)c2c1. The fourth-order valence-electron chi connectivity index (χ4n) is 4.12. The van der Waals surface area contributed by atoms with Crippen LogP contribution in [-0.2, 0) is 0 Å². The van der Waals surface area contributed by atoms with Gasteiger partial charge in [-0.15, -0.1) is 0 Å². The molecule has 0 aliphatic rings. The average molecular weight is 474 g/mol. The average Bonchev–Trinajstić information content (AvgIpc) is 3.24. The second kappa shape index (κ2) is 8.35. The van der Waals surface area contributed by atoms with E-state index in [1.165, 1.54) is 12.1 Å². The number of fused-ring (bicyclic) bond motifs is 2. The number of halogens is 1. The molecule has 0 fully saturated rings. The maximum atomic E-state index is 13.1. The number of carboxylic acid groups (broad SMARTS) is 1. The molecule has 7 nitrogen and oxygen atoms in total. The Morgan fingerprint density at radius 2 is 1.94 bits per heavy atom. The highest BCUT2D eigenvalue weighted by atomic mass is 35.5. The summed E-state index contributed by atoms with van der Waals surface area (Å²) in [4.78, 5) is 31.9. The predicted octanol–water partition coefficient (Wildman–Crippen LogP) is 6.17. The van der Waals surface area contributed by atoms with Crippen LogP contribution in [0.2, 0.25) is 5.15 Å². The molecule has 34 heavy (non-hydrogen) atoms. The molecule has 5 aromatic rings. The van der Waals surface area contributed by atoms with Gasteiger partial charge in [-0.1, -0.05) is 35.9 Å². The quantitative estimate of drug-likeness (QED) is 0.263. The topological polar surface area (TPSA) is 108 Å². The first-order chi connectivity index (χ1) is 16.3. The van der Waals surface area contributed by atoms with Crippen LogP contribution in [0.1, 0.15) is 34.6 Å². The number of carbonyl (C=O) groups is 1. The van der Waals surface area contributed by atoms with E-state index >= 15 is 0 Å². The number of aryl methyl sites for hydroxylation is 1. The predicted molar refractivity (Wildman–Crippen MR) is 133 cm³/mol. The Hall–Kier alpha value is -4.10. The lowest BCUT2D eigenvalue weighted by atomic mass is 10.0. The number of benzene rings is 2. The molecule has 0 amide bonds. The van der Waals surface area contributed by atoms with E-state index in [-0.39, 0.29) is 16.3 Å². The lowest BCUT2D eigenvalue weighted by Gasteiger charge is -2.19. The fourth-order valence-corrected chi connectivity index (χ4v) is 4.27. The molecule has 0 aliphatic carbocycles. The van der Waals surface area contributed by atoms with Crippen LogP contribution in [-0.4, -0.2) is 21.0 Å². The van der Waals surface area contributed by atoms with Crippen molar-refractivity contribution in [3.63, 3.8) is 0 Å². The van der Waals surface area contributed by atoms with Gasteiger partial charge in [0.05, 0.1) is 22.8 Å². The van der Waals surface area contributed by atoms with E-state index in [2.05, 4.69) is 15.3 Å². The summed E-state index contributed by atoms with van der Waals surface area (Å²) in [5, 5.41) is 14.3. The highest BCUT2D eigenvalue weighted by Crippen LogP contribution is 2.32. The molecule has 0 aliphatic heterocycles. The minimum absolute atomic E-state index is 0.0885. The Labute approximate surface area is 199 Å². The van der Waals surface area contributed by atoms with Crippen LogP contribution < -0.4 is 10.7 Å². The second-order valence-corrected chi connectivity index (χ2v) is 8.56. The molecule has 170 valence electrons. The number of nitrogens with one attached hydrogen (secondary N) is 2. The number of aromatic nitrogens is 2. The standard InChI is InChI=1S/C26H20ClN3O4/c1-13-9-16(14(2)28-19-7-8-23(27)30-24(19)26(32)33)25-17(10-13)21(31)12-22(34-25)20-11-15-5-3-4-6-18(15)29-20/h3-12,14,28-29H,1-2H3,(H,32,33)/t14-/m1/s1. The number of para-hydroxylation sites is 1. The van der Waals surface area contributed by atoms with Gasteiger partial charge in [0.25, 0.3) is 0 Å². The van der Waals surface area contributed by atoms with Gasteiger partial charge in [0.2, 0.25) is 0 Å². The normalized spacial score (nSPS) is 12.2. The first-order valence-electron chi connectivity index (χ1n) is 10.6. The molecule has 3 aromatic heterocycles. The summed E-state index contributed by atoms with van der Waals surface area (Å²) in [6.45, 7) is 3.76. The van der Waals surface area contributed by atoms with Gasteiger partial charge in [-0.05, 0) is 49.7 Å². The molecule has 0 radical (unpaired) electrons. The lowest BCUT2D eigenvalue weighted by molar-refractivity contribution is 0.0691. The van der Waals surface area contributed by atoms with Crippen molar-refractivity contribution < 1.29 is 14.3 Å². The molecule has 3 N–H and O–H groups in total. The molecule has 0 unspecified atom stereocenters. The molecule has 0 saturated carbocycles.